The molecule has 15 heavy (non-hydrogen) atoms. The highest BCUT2D eigenvalue weighted by Gasteiger charge is 2.40. The van der Waals surface area contributed by atoms with Gasteiger partial charge in [0.25, 0.3) is 0 Å². The van der Waals surface area contributed by atoms with Crippen LogP contribution in [0.25, 0.3) is 0 Å². The van der Waals surface area contributed by atoms with Gasteiger partial charge in [0.15, 0.2) is 5.60 Å². The Bertz CT molecular complexity index is 307. The second kappa shape index (κ2) is 3.96. The molecule has 1 fully saturated rings. The van der Waals surface area contributed by atoms with Crippen molar-refractivity contribution in [3.63, 3.8) is 0 Å². The van der Waals surface area contributed by atoms with Gasteiger partial charge in [-0.05, 0) is 19.8 Å². The topological polar surface area (TPSA) is 42.2 Å². The van der Waals surface area contributed by atoms with E-state index >= 15 is 0 Å². The summed E-state index contributed by atoms with van der Waals surface area (Å²) in [4.78, 5) is 0. The first-order valence-corrected chi connectivity index (χ1v) is 5.47. The zero-order chi connectivity index (χ0) is 10.9. The quantitative estimate of drug-likeness (QED) is 0.618. The van der Waals surface area contributed by atoms with Crippen LogP contribution in [0.5, 0.6) is 0 Å². The van der Waals surface area contributed by atoms with Crippen molar-refractivity contribution in [3.05, 3.63) is 12.2 Å². The highest BCUT2D eigenvalue weighted by Crippen LogP contribution is 2.37. The molecule has 2 rings (SSSR count). The summed E-state index contributed by atoms with van der Waals surface area (Å²) >= 11 is 0. The molecule has 1 heterocycles. The summed E-state index contributed by atoms with van der Waals surface area (Å²) in [5.41, 5.74) is -0.593. The Morgan fingerprint density at radius 1 is 1.53 bits per heavy atom. The third-order valence-electron chi connectivity index (χ3n) is 3.42. The largest absolute Gasteiger partial charge is 0.377 e. The smallest absolute Gasteiger partial charge is 0.151 e. The van der Waals surface area contributed by atoms with Gasteiger partial charge in [0, 0.05) is 19.4 Å². The van der Waals surface area contributed by atoms with Crippen LogP contribution in [0.2, 0.25) is 0 Å². The molecular weight excluding hydrogens is 190 g/mol. The Hall–Kier alpha value is -0.850. The van der Waals surface area contributed by atoms with Crippen LogP contribution < -0.4 is 0 Å². The number of ether oxygens (including phenoxy) is 2. The molecule has 1 saturated heterocycles. The number of hydrogen-bond donors (Lipinski definition) is 0. The Balaban J connectivity index is 2.08. The van der Waals surface area contributed by atoms with E-state index in [4.69, 9.17) is 14.7 Å². The summed E-state index contributed by atoms with van der Waals surface area (Å²) in [7, 11) is 1.71. The van der Waals surface area contributed by atoms with Crippen molar-refractivity contribution in [1.29, 1.82) is 5.26 Å². The minimum absolute atomic E-state index is 0.146. The first kappa shape index (κ1) is 10.7. The Morgan fingerprint density at radius 2 is 2.33 bits per heavy atom. The summed E-state index contributed by atoms with van der Waals surface area (Å²) < 4.78 is 11.2. The molecule has 3 heteroatoms. The minimum Gasteiger partial charge on any atom is -0.377 e. The highest BCUT2D eigenvalue weighted by atomic mass is 16.5. The summed E-state index contributed by atoms with van der Waals surface area (Å²) in [5, 5.41) is 9.04. The van der Waals surface area contributed by atoms with Crippen LogP contribution in [0, 0.1) is 17.2 Å². The fourth-order valence-electron chi connectivity index (χ4n) is 2.38. The lowest BCUT2D eigenvalue weighted by atomic mass is 9.81. The van der Waals surface area contributed by atoms with E-state index in [9.17, 15) is 0 Å². The number of nitrogens with zero attached hydrogens (tertiary/aromatic N) is 1. The zero-order valence-electron chi connectivity index (χ0n) is 9.27. The molecule has 0 bridgehead atoms. The van der Waals surface area contributed by atoms with E-state index in [1.807, 2.05) is 6.92 Å². The molecule has 0 aromatic heterocycles. The van der Waals surface area contributed by atoms with Gasteiger partial charge >= 0.3 is 0 Å². The van der Waals surface area contributed by atoms with Gasteiger partial charge in [-0.3, -0.25) is 0 Å². The molecule has 82 valence electrons. The van der Waals surface area contributed by atoms with E-state index in [2.05, 4.69) is 18.2 Å². The number of nitriles is 1. The van der Waals surface area contributed by atoms with Gasteiger partial charge in [0.2, 0.25) is 0 Å². The van der Waals surface area contributed by atoms with Crippen LogP contribution in [0.15, 0.2) is 12.2 Å². The van der Waals surface area contributed by atoms with Gasteiger partial charge in [-0.2, -0.15) is 5.26 Å². The molecule has 0 N–H and O–H groups in total. The SMILES string of the molecule is CO[C@@H]1C=C[C@H]2CCC(C)(C#N)O[C@H]2C1. The molecule has 2 aliphatic rings. The predicted octanol–water partition coefficient (Wildman–Crippen LogP) is 2.04. The van der Waals surface area contributed by atoms with Crippen molar-refractivity contribution in [2.45, 2.75) is 44.0 Å². The maximum atomic E-state index is 9.04. The van der Waals surface area contributed by atoms with Gasteiger partial charge in [-0.15, -0.1) is 0 Å². The third-order valence-corrected chi connectivity index (χ3v) is 3.42. The molecule has 0 saturated carbocycles. The number of hydrogen-bond acceptors (Lipinski definition) is 3. The fraction of sp³-hybridized carbons (Fsp3) is 0.750. The summed E-state index contributed by atoms with van der Waals surface area (Å²) in [6, 6.07) is 2.26. The maximum absolute atomic E-state index is 9.04. The Kier molecular flexibility index (Phi) is 2.81. The maximum Gasteiger partial charge on any atom is 0.151 e. The molecule has 1 aliphatic heterocycles. The van der Waals surface area contributed by atoms with E-state index in [1.54, 1.807) is 7.11 Å². The van der Waals surface area contributed by atoms with Crippen LogP contribution in [-0.4, -0.2) is 24.9 Å². The first-order chi connectivity index (χ1) is 7.17. The van der Waals surface area contributed by atoms with E-state index in [-0.39, 0.29) is 12.2 Å². The lowest BCUT2D eigenvalue weighted by Crippen LogP contribution is -2.44. The van der Waals surface area contributed by atoms with Gasteiger partial charge in [-0.1, -0.05) is 12.2 Å². The molecule has 0 amide bonds. The monoisotopic (exact) mass is 207 g/mol. The van der Waals surface area contributed by atoms with Crippen molar-refractivity contribution in [2.24, 2.45) is 5.92 Å². The van der Waals surface area contributed by atoms with Crippen molar-refractivity contribution in [2.75, 3.05) is 7.11 Å². The van der Waals surface area contributed by atoms with Crippen LogP contribution >= 0.6 is 0 Å². The van der Waals surface area contributed by atoms with E-state index in [0.29, 0.717) is 5.92 Å². The Labute approximate surface area is 90.7 Å². The molecule has 1 unspecified atom stereocenters. The van der Waals surface area contributed by atoms with Crippen LogP contribution in [0.3, 0.4) is 0 Å². The summed E-state index contributed by atoms with van der Waals surface area (Å²) in [5.74, 6) is 0.470. The summed E-state index contributed by atoms with van der Waals surface area (Å²) in [6.45, 7) is 1.88. The van der Waals surface area contributed by atoms with Gasteiger partial charge in [-0.25, -0.2) is 0 Å². The van der Waals surface area contributed by atoms with Crippen molar-refractivity contribution in [3.8, 4) is 6.07 Å². The second-order valence-electron chi connectivity index (χ2n) is 4.60. The number of methoxy groups -OCH3 is 1. The molecule has 1 aliphatic carbocycles. The third kappa shape index (κ3) is 2.06. The van der Waals surface area contributed by atoms with Crippen molar-refractivity contribution in [1.82, 2.24) is 0 Å². The molecule has 4 atom stereocenters. The standard InChI is InChI=1S/C12H17NO2/c1-12(8-13)6-5-9-3-4-10(14-2)7-11(9)15-12/h3-4,9-11H,5-7H2,1-2H3/t9-,10+,11-,12?/m0/s1. The normalized spacial score (nSPS) is 44.5. The number of fused-ring (bicyclic) bond motifs is 1. The molecule has 0 spiro atoms. The Morgan fingerprint density at radius 3 is 3.00 bits per heavy atom. The van der Waals surface area contributed by atoms with E-state index in [0.717, 1.165) is 19.3 Å². The molecular formula is C12H17NO2. The average molecular weight is 207 g/mol. The van der Waals surface area contributed by atoms with E-state index < -0.39 is 5.60 Å². The number of rotatable bonds is 1. The van der Waals surface area contributed by atoms with E-state index in [1.165, 1.54) is 0 Å². The second-order valence-corrected chi connectivity index (χ2v) is 4.60. The van der Waals surface area contributed by atoms with Gasteiger partial charge < -0.3 is 9.47 Å². The zero-order valence-corrected chi connectivity index (χ0v) is 9.27. The predicted molar refractivity (Wildman–Crippen MR) is 56.2 cm³/mol. The fourth-order valence-corrected chi connectivity index (χ4v) is 2.38. The van der Waals surface area contributed by atoms with Crippen LogP contribution in [0.1, 0.15) is 26.2 Å². The lowest BCUT2D eigenvalue weighted by molar-refractivity contribution is -0.120. The van der Waals surface area contributed by atoms with Crippen molar-refractivity contribution < 1.29 is 9.47 Å². The molecule has 3 nitrogen and oxygen atoms in total. The van der Waals surface area contributed by atoms with Crippen LogP contribution in [-0.2, 0) is 9.47 Å². The van der Waals surface area contributed by atoms with Gasteiger partial charge in [0.1, 0.15) is 0 Å². The molecule has 0 aromatic carbocycles. The van der Waals surface area contributed by atoms with Crippen LogP contribution in [0.4, 0.5) is 0 Å². The summed E-state index contributed by atoms with van der Waals surface area (Å²) in [6.07, 6.45) is 7.33. The van der Waals surface area contributed by atoms with Gasteiger partial charge in [0.05, 0.1) is 18.3 Å². The highest BCUT2D eigenvalue weighted by molar-refractivity contribution is 5.10. The molecule has 0 aromatic rings. The van der Waals surface area contributed by atoms with Crippen molar-refractivity contribution >= 4 is 0 Å². The molecule has 0 radical (unpaired) electrons. The minimum atomic E-state index is -0.593. The lowest BCUT2D eigenvalue weighted by Gasteiger charge is -2.41. The first-order valence-electron chi connectivity index (χ1n) is 5.47. The average Bonchev–Trinajstić information content (AvgIpc) is 2.28.